The van der Waals surface area contributed by atoms with Crippen molar-refractivity contribution >= 4 is 41.3 Å². The molecule has 1 rings (SSSR count). The van der Waals surface area contributed by atoms with Crippen LogP contribution < -0.4 is 11.1 Å². The number of nitrogens with zero attached hydrogens (tertiary/aromatic N) is 2. The van der Waals surface area contributed by atoms with Crippen LogP contribution in [-0.2, 0) is 6.42 Å². The molecule has 0 saturated heterocycles. The molecule has 0 aliphatic rings. The number of aliphatic imine (C=N–C) groups is 1. The van der Waals surface area contributed by atoms with Crippen molar-refractivity contribution in [2.24, 2.45) is 10.7 Å². The zero-order valence-corrected chi connectivity index (χ0v) is 13.9. The fourth-order valence-electron chi connectivity index (χ4n) is 1.42. The number of halogens is 1. The van der Waals surface area contributed by atoms with Gasteiger partial charge >= 0.3 is 0 Å². The van der Waals surface area contributed by atoms with Crippen LogP contribution in [0.5, 0.6) is 0 Å². The first kappa shape index (κ1) is 16.6. The predicted molar refractivity (Wildman–Crippen MR) is 85.5 cm³/mol. The minimum Gasteiger partial charge on any atom is -0.370 e. The molecule has 1 aromatic heterocycles. The summed E-state index contributed by atoms with van der Waals surface area (Å²) in [5, 5.41) is 4.18. The lowest BCUT2D eigenvalue weighted by molar-refractivity contribution is 0.723. The van der Waals surface area contributed by atoms with E-state index in [1.807, 2.05) is 27.7 Å². The Bertz CT molecular complexity index is 374. The minimum absolute atomic E-state index is 0. The summed E-state index contributed by atoms with van der Waals surface area (Å²) < 4.78 is 0. The van der Waals surface area contributed by atoms with Gasteiger partial charge in [-0.1, -0.05) is 0 Å². The van der Waals surface area contributed by atoms with Crippen molar-refractivity contribution < 1.29 is 0 Å². The van der Waals surface area contributed by atoms with Crippen LogP contribution in [-0.4, -0.2) is 23.5 Å². The fraction of sp³-hybridized carbons (Fsp3) is 0.636. The van der Waals surface area contributed by atoms with E-state index < -0.39 is 0 Å². The highest BCUT2D eigenvalue weighted by atomic mass is 127. The average molecular weight is 368 g/mol. The molecule has 0 aliphatic carbocycles. The van der Waals surface area contributed by atoms with Crippen LogP contribution >= 0.6 is 35.3 Å². The second-order valence-corrected chi connectivity index (χ2v) is 5.35. The Morgan fingerprint density at radius 1 is 1.47 bits per heavy atom. The smallest absolute Gasteiger partial charge is 0.188 e. The lowest BCUT2D eigenvalue weighted by Gasteiger charge is -2.07. The third kappa shape index (κ3) is 6.21. The average Bonchev–Trinajstić information content (AvgIpc) is 2.44. The van der Waals surface area contributed by atoms with Crippen LogP contribution in [0.25, 0.3) is 0 Å². The van der Waals surface area contributed by atoms with Gasteiger partial charge in [-0.05, 0) is 27.7 Å². The largest absolute Gasteiger partial charge is 0.370 e. The molecule has 3 N–H and O–H groups in total. The van der Waals surface area contributed by atoms with Crippen LogP contribution in [0.3, 0.4) is 0 Å². The lowest BCUT2D eigenvalue weighted by atomic mass is 10.3. The monoisotopic (exact) mass is 368 g/mol. The molecule has 17 heavy (non-hydrogen) atoms. The molecule has 0 amide bonds. The number of thiazole rings is 1. The van der Waals surface area contributed by atoms with Crippen molar-refractivity contribution in [1.29, 1.82) is 0 Å². The number of guanidine groups is 1. The molecule has 4 nitrogen and oxygen atoms in total. The summed E-state index contributed by atoms with van der Waals surface area (Å²) in [4.78, 5) is 9.96. The molecule has 1 heterocycles. The van der Waals surface area contributed by atoms with Gasteiger partial charge in [0, 0.05) is 23.9 Å². The Hall–Kier alpha value is -0.370. The van der Waals surface area contributed by atoms with Crippen LogP contribution in [0.1, 0.15) is 29.4 Å². The van der Waals surface area contributed by atoms with Gasteiger partial charge in [0.05, 0.1) is 10.7 Å². The van der Waals surface area contributed by atoms with E-state index in [1.165, 1.54) is 4.88 Å². The number of nitrogens with one attached hydrogen (secondary N) is 1. The molecule has 0 spiro atoms. The maximum Gasteiger partial charge on any atom is 0.188 e. The number of hydrogen-bond acceptors (Lipinski definition) is 3. The van der Waals surface area contributed by atoms with Gasteiger partial charge in [0.2, 0.25) is 0 Å². The molecule has 0 radical (unpaired) electrons. The Labute approximate surface area is 124 Å². The molecule has 0 atom stereocenters. The predicted octanol–water partition coefficient (Wildman–Crippen LogP) is 2.23. The summed E-state index contributed by atoms with van der Waals surface area (Å²) in [6.07, 6.45) is 0.914. The molecule has 0 unspecified atom stereocenters. The van der Waals surface area contributed by atoms with E-state index in [0.29, 0.717) is 18.5 Å². The highest BCUT2D eigenvalue weighted by Crippen LogP contribution is 2.17. The highest BCUT2D eigenvalue weighted by Gasteiger charge is 2.03. The third-order valence-electron chi connectivity index (χ3n) is 2.06. The van der Waals surface area contributed by atoms with E-state index in [2.05, 4.69) is 15.3 Å². The number of aryl methyl sites for hydroxylation is 2. The maximum absolute atomic E-state index is 5.71. The van der Waals surface area contributed by atoms with Gasteiger partial charge in [-0.3, -0.25) is 4.99 Å². The SMILES string of the molecule is Cc1nc(C)c(CCN=C(N)NC(C)C)s1.I. The van der Waals surface area contributed by atoms with Gasteiger partial charge < -0.3 is 11.1 Å². The van der Waals surface area contributed by atoms with E-state index in [1.54, 1.807) is 11.3 Å². The molecule has 0 bridgehead atoms. The van der Waals surface area contributed by atoms with Crippen molar-refractivity contribution in [3.63, 3.8) is 0 Å². The fourth-order valence-corrected chi connectivity index (χ4v) is 2.35. The zero-order chi connectivity index (χ0) is 12.1. The summed E-state index contributed by atoms with van der Waals surface area (Å²) in [5.41, 5.74) is 6.83. The molecule has 1 aromatic rings. The van der Waals surface area contributed by atoms with E-state index in [9.17, 15) is 0 Å². The van der Waals surface area contributed by atoms with Gasteiger partial charge in [-0.2, -0.15) is 0 Å². The van der Waals surface area contributed by atoms with Gasteiger partial charge in [-0.25, -0.2) is 4.98 Å². The van der Waals surface area contributed by atoms with Crippen molar-refractivity contribution in [2.45, 2.75) is 40.2 Å². The van der Waals surface area contributed by atoms with Crippen LogP contribution in [0.4, 0.5) is 0 Å². The molecule has 0 aromatic carbocycles. The highest BCUT2D eigenvalue weighted by molar-refractivity contribution is 14.0. The summed E-state index contributed by atoms with van der Waals surface area (Å²) in [6.45, 7) is 8.86. The van der Waals surface area contributed by atoms with Crippen molar-refractivity contribution in [2.75, 3.05) is 6.54 Å². The molecule has 0 saturated carbocycles. The number of nitrogens with two attached hydrogens (primary N) is 1. The third-order valence-corrected chi connectivity index (χ3v) is 3.19. The Morgan fingerprint density at radius 2 is 2.12 bits per heavy atom. The standard InChI is InChI=1S/C11H20N4S.HI/c1-7(2)14-11(12)13-6-5-10-8(3)15-9(4)16-10;/h7H,5-6H2,1-4H3,(H3,12,13,14);1H. The lowest BCUT2D eigenvalue weighted by Crippen LogP contribution is -2.36. The Morgan fingerprint density at radius 3 is 2.59 bits per heavy atom. The van der Waals surface area contributed by atoms with E-state index in [4.69, 9.17) is 5.73 Å². The van der Waals surface area contributed by atoms with E-state index in [-0.39, 0.29) is 24.0 Å². The van der Waals surface area contributed by atoms with Crippen molar-refractivity contribution in [1.82, 2.24) is 10.3 Å². The topological polar surface area (TPSA) is 63.3 Å². The molecule has 0 aliphatic heterocycles. The quantitative estimate of drug-likeness (QED) is 0.487. The van der Waals surface area contributed by atoms with Crippen molar-refractivity contribution in [3.05, 3.63) is 15.6 Å². The van der Waals surface area contributed by atoms with Crippen LogP contribution in [0, 0.1) is 13.8 Å². The second-order valence-electron chi connectivity index (χ2n) is 4.06. The van der Waals surface area contributed by atoms with Gasteiger partial charge in [-0.15, -0.1) is 35.3 Å². The number of hydrogen-bond donors (Lipinski definition) is 2. The summed E-state index contributed by atoms with van der Waals surface area (Å²) in [7, 11) is 0. The van der Waals surface area contributed by atoms with Crippen LogP contribution in [0.2, 0.25) is 0 Å². The second kappa shape index (κ2) is 7.86. The van der Waals surface area contributed by atoms with E-state index >= 15 is 0 Å². The Kier molecular flexibility index (Phi) is 7.69. The molecular weight excluding hydrogens is 347 g/mol. The van der Waals surface area contributed by atoms with Crippen LogP contribution in [0.15, 0.2) is 4.99 Å². The summed E-state index contributed by atoms with van der Waals surface area (Å²) >= 11 is 1.74. The van der Waals surface area contributed by atoms with Crippen molar-refractivity contribution in [3.8, 4) is 0 Å². The first-order chi connectivity index (χ1) is 7.49. The maximum atomic E-state index is 5.71. The normalized spacial score (nSPS) is 11.5. The summed E-state index contributed by atoms with van der Waals surface area (Å²) in [6, 6.07) is 0.330. The summed E-state index contributed by atoms with van der Waals surface area (Å²) in [5.74, 6) is 0.522. The molecule has 0 fully saturated rings. The number of rotatable bonds is 4. The Balaban J connectivity index is 0.00000256. The zero-order valence-electron chi connectivity index (χ0n) is 10.8. The molecule has 6 heteroatoms. The van der Waals surface area contributed by atoms with Gasteiger partial charge in [0.15, 0.2) is 5.96 Å². The van der Waals surface area contributed by atoms with E-state index in [0.717, 1.165) is 17.1 Å². The van der Waals surface area contributed by atoms with Gasteiger partial charge in [0.1, 0.15) is 0 Å². The molecular formula is C11H21IN4S. The number of aromatic nitrogens is 1. The minimum atomic E-state index is 0. The van der Waals surface area contributed by atoms with Gasteiger partial charge in [0.25, 0.3) is 0 Å². The first-order valence-corrected chi connectivity index (χ1v) is 6.30. The first-order valence-electron chi connectivity index (χ1n) is 5.48. The molecule has 98 valence electrons.